The highest BCUT2D eigenvalue weighted by Gasteiger charge is 2.35. The number of aromatic nitrogens is 2. The van der Waals surface area contributed by atoms with Crippen molar-refractivity contribution in [2.75, 3.05) is 26.2 Å². The number of alkyl halides is 3. The zero-order valence-electron chi connectivity index (χ0n) is 25.0. The van der Waals surface area contributed by atoms with Crippen LogP contribution in [-0.2, 0) is 11.0 Å². The number of nitrogens with zero attached hydrogens (tertiary/aromatic N) is 5. The van der Waals surface area contributed by atoms with E-state index in [4.69, 9.17) is 0 Å². The van der Waals surface area contributed by atoms with Crippen LogP contribution >= 0.6 is 11.3 Å². The molecule has 0 aliphatic carbocycles. The van der Waals surface area contributed by atoms with Gasteiger partial charge in [-0.3, -0.25) is 24.0 Å². The van der Waals surface area contributed by atoms with Gasteiger partial charge in [-0.15, -0.1) is 11.3 Å². The molecule has 47 heavy (non-hydrogen) atoms. The van der Waals surface area contributed by atoms with E-state index in [-0.39, 0.29) is 28.3 Å². The van der Waals surface area contributed by atoms with Gasteiger partial charge < -0.3 is 4.90 Å². The highest BCUT2D eigenvalue weighted by Crippen LogP contribution is 2.33. The van der Waals surface area contributed by atoms with Crippen molar-refractivity contribution in [3.8, 4) is 11.8 Å². The SMILES string of the molecule is N#C/C(C(=O)N1CCN(C(c2ccccc2)c2ccccc2)CC1)=c1/s/c(=C\c2ccccn2)c(=O)n1-c1ccccc1C(F)(F)F. The Morgan fingerprint density at radius 3 is 2.02 bits per heavy atom. The van der Waals surface area contributed by atoms with E-state index in [1.165, 1.54) is 29.3 Å². The van der Waals surface area contributed by atoms with Crippen molar-refractivity contribution in [3.63, 3.8) is 0 Å². The zero-order chi connectivity index (χ0) is 33.0. The molecule has 0 radical (unpaired) electrons. The molecule has 7 nitrogen and oxygen atoms in total. The minimum atomic E-state index is -4.79. The Bertz CT molecular complexity index is 2060. The maximum absolute atomic E-state index is 14.1. The fraction of sp³-hybridized carbons (Fsp3) is 0.167. The molecule has 3 aromatic carbocycles. The van der Waals surface area contributed by atoms with Gasteiger partial charge in [0.15, 0.2) is 5.57 Å². The van der Waals surface area contributed by atoms with Crippen LogP contribution in [-0.4, -0.2) is 51.4 Å². The molecular formula is C36H28F3N5O2S. The van der Waals surface area contributed by atoms with E-state index < -0.39 is 34.5 Å². The highest BCUT2D eigenvalue weighted by atomic mass is 32.1. The second-order valence-corrected chi connectivity index (χ2v) is 11.9. The lowest BCUT2D eigenvalue weighted by molar-refractivity contribution is -0.137. The molecule has 3 heterocycles. The van der Waals surface area contributed by atoms with E-state index >= 15 is 0 Å². The van der Waals surface area contributed by atoms with Gasteiger partial charge in [0.2, 0.25) is 0 Å². The van der Waals surface area contributed by atoms with Crippen LogP contribution in [0.4, 0.5) is 13.2 Å². The quantitative estimate of drug-likeness (QED) is 0.265. The van der Waals surface area contributed by atoms with E-state index in [1.54, 1.807) is 18.2 Å². The fourth-order valence-corrected chi connectivity index (χ4v) is 6.86. The van der Waals surface area contributed by atoms with Crippen LogP contribution in [0.15, 0.2) is 114 Å². The van der Waals surface area contributed by atoms with Crippen LogP contribution in [0.3, 0.4) is 0 Å². The Hall–Kier alpha value is -5.31. The summed E-state index contributed by atoms with van der Waals surface area (Å²) >= 11 is 0.790. The summed E-state index contributed by atoms with van der Waals surface area (Å²) in [5.74, 6) is -0.646. The van der Waals surface area contributed by atoms with Crippen LogP contribution in [0.25, 0.3) is 17.3 Å². The summed E-state index contributed by atoms with van der Waals surface area (Å²) < 4.78 is 43.1. The summed E-state index contributed by atoms with van der Waals surface area (Å²) in [6.07, 6.45) is -1.83. The van der Waals surface area contributed by atoms with Gasteiger partial charge in [-0.1, -0.05) is 78.9 Å². The Balaban J connectivity index is 1.41. The maximum Gasteiger partial charge on any atom is 0.418 e. The second-order valence-electron chi connectivity index (χ2n) is 10.9. The number of thiazole rings is 1. The monoisotopic (exact) mass is 651 g/mol. The van der Waals surface area contributed by atoms with Gasteiger partial charge in [-0.05, 0) is 41.5 Å². The number of nitriles is 1. The van der Waals surface area contributed by atoms with Crippen molar-refractivity contribution < 1.29 is 18.0 Å². The average molecular weight is 652 g/mol. The summed E-state index contributed by atoms with van der Waals surface area (Å²) in [6.45, 7) is 1.54. The van der Waals surface area contributed by atoms with E-state index in [0.29, 0.717) is 18.8 Å². The van der Waals surface area contributed by atoms with Gasteiger partial charge in [0.1, 0.15) is 10.7 Å². The van der Waals surface area contributed by atoms with Gasteiger partial charge in [-0.2, -0.15) is 18.4 Å². The summed E-state index contributed by atoms with van der Waals surface area (Å²) in [7, 11) is 0. The number of carbonyl (C=O) groups is 1. The number of piperazine rings is 1. The predicted octanol–water partition coefficient (Wildman–Crippen LogP) is 4.75. The molecule has 6 rings (SSSR count). The molecule has 1 aliphatic heterocycles. The average Bonchev–Trinajstić information content (AvgIpc) is 3.41. The number of rotatable bonds is 6. The third-order valence-electron chi connectivity index (χ3n) is 7.98. The number of amides is 1. The molecule has 0 spiro atoms. The number of pyridine rings is 1. The molecule has 11 heteroatoms. The number of halogens is 3. The first-order chi connectivity index (χ1) is 22.8. The van der Waals surface area contributed by atoms with Crippen molar-refractivity contribution in [1.82, 2.24) is 19.4 Å². The number of hydrogen-bond acceptors (Lipinski definition) is 6. The molecule has 0 saturated carbocycles. The molecule has 2 aromatic heterocycles. The summed E-state index contributed by atoms with van der Waals surface area (Å²) in [6, 6.07) is 31.6. The standard InChI is InChI=1S/C36H28F3N5O2S/c37-36(38,39)29-16-7-8-17-30(29)44-34(46)31(23-27-15-9-10-18-41-27)47-35(44)28(24-40)33(45)43-21-19-42(20-22-43)32(25-11-3-1-4-12-25)26-13-5-2-6-14-26/h1-18,23,32H,19-22H2/b31-23-,35-28-. The minimum absolute atomic E-state index is 0.0367. The van der Waals surface area contributed by atoms with Crippen molar-refractivity contribution in [3.05, 3.63) is 151 Å². The van der Waals surface area contributed by atoms with Gasteiger partial charge in [0.25, 0.3) is 11.5 Å². The topological polar surface area (TPSA) is 82.2 Å². The fourth-order valence-electron chi connectivity index (χ4n) is 5.79. The predicted molar refractivity (Wildman–Crippen MR) is 174 cm³/mol. The maximum atomic E-state index is 14.1. The highest BCUT2D eigenvalue weighted by molar-refractivity contribution is 7.07. The third-order valence-corrected chi connectivity index (χ3v) is 9.07. The van der Waals surface area contributed by atoms with Crippen molar-refractivity contribution in [2.45, 2.75) is 12.2 Å². The van der Waals surface area contributed by atoms with Crippen LogP contribution in [0.2, 0.25) is 0 Å². The summed E-state index contributed by atoms with van der Waals surface area (Å²) in [5, 5.41) is 10.3. The molecule has 5 aromatic rings. The molecule has 0 bridgehead atoms. The Morgan fingerprint density at radius 1 is 0.851 bits per heavy atom. The second kappa shape index (κ2) is 13.6. The molecule has 0 unspecified atom stereocenters. The van der Waals surface area contributed by atoms with Crippen LogP contribution in [0.5, 0.6) is 0 Å². The van der Waals surface area contributed by atoms with Crippen molar-refractivity contribution in [2.24, 2.45) is 0 Å². The van der Waals surface area contributed by atoms with Crippen molar-refractivity contribution in [1.29, 1.82) is 5.26 Å². The van der Waals surface area contributed by atoms with E-state index in [1.807, 2.05) is 42.5 Å². The van der Waals surface area contributed by atoms with Gasteiger partial charge in [-0.25, -0.2) is 0 Å². The molecule has 1 aliphatic rings. The smallest absolute Gasteiger partial charge is 0.335 e. The summed E-state index contributed by atoms with van der Waals surface area (Å²) in [5.41, 5.74) is -0.100. The molecular weight excluding hydrogens is 623 g/mol. The van der Waals surface area contributed by atoms with Crippen LogP contribution in [0, 0.1) is 11.3 Å². The third kappa shape index (κ3) is 6.65. The van der Waals surface area contributed by atoms with Gasteiger partial charge in [0.05, 0.1) is 27.5 Å². The molecule has 1 amide bonds. The number of para-hydroxylation sites is 1. The first-order valence-electron chi connectivity index (χ1n) is 14.8. The normalized spacial score (nSPS) is 15.0. The lowest BCUT2D eigenvalue weighted by atomic mass is 9.96. The molecule has 1 fully saturated rings. The lowest BCUT2D eigenvalue weighted by Gasteiger charge is -2.39. The molecule has 236 valence electrons. The lowest BCUT2D eigenvalue weighted by Crippen LogP contribution is -2.50. The summed E-state index contributed by atoms with van der Waals surface area (Å²) in [4.78, 5) is 35.7. The van der Waals surface area contributed by atoms with E-state index in [2.05, 4.69) is 34.1 Å². The Kier molecular flexibility index (Phi) is 9.15. The zero-order valence-corrected chi connectivity index (χ0v) is 25.8. The van der Waals surface area contributed by atoms with E-state index in [0.717, 1.165) is 39.2 Å². The minimum Gasteiger partial charge on any atom is -0.335 e. The Morgan fingerprint density at radius 2 is 1.45 bits per heavy atom. The van der Waals surface area contributed by atoms with Gasteiger partial charge in [0, 0.05) is 32.4 Å². The van der Waals surface area contributed by atoms with Crippen LogP contribution in [0.1, 0.15) is 28.4 Å². The number of carbonyl (C=O) groups excluding carboxylic acids is 1. The first-order valence-corrected chi connectivity index (χ1v) is 15.7. The number of benzene rings is 3. The van der Waals surface area contributed by atoms with Crippen molar-refractivity contribution >= 4 is 28.9 Å². The molecule has 0 N–H and O–H groups in total. The molecule has 0 atom stereocenters. The molecule has 1 saturated heterocycles. The van der Waals surface area contributed by atoms with Crippen LogP contribution < -0.4 is 14.8 Å². The van der Waals surface area contributed by atoms with E-state index in [9.17, 15) is 28.0 Å². The largest absolute Gasteiger partial charge is 0.418 e. The van der Waals surface area contributed by atoms with Gasteiger partial charge >= 0.3 is 6.18 Å². The first kappa shape index (κ1) is 31.7. The Labute approximate surface area is 272 Å². The number of hydrogen-bond donors (Lipinski definition) is 0.